The van der Waals surface area contributed by atoms with Crippen molar-refractivity contribution < 1.29 is 19.2 Å². The molecule has 0 radical (unpaired) electrons. The Morgan fingerprint density at radius 2 is 2.03 bits per heavy atom. The van der Waals surface area contributed by atoms with Gasteiger partial charge >= 0.3 is 0 Å². The van der Waals surface area contributed by atoms with E-state index in [-0.39, 0.29) is 29.4 Å². The molecule has 1 aromatic carbocycles. The molecule has 2 aliphatic rings. The van der Waals surface area contributed by atoms with E-state index in [1.54, 1.807) is 6.07 Å². The molecule has 12 heteroatoms. The Balaban J connectivity index is 1.65. The number of anilines is 4. The largest absolute Gasteiger partial charge is 0.383 e. The van der Waals surface area contributed by atoms with E-state index in [1.165, 1.54) is 18.2 Å². The summed E-state index contributed by atoms with van der Waals surface area (Å²) in [6.07, 6.45) is -0.177. The van der Waals surface area contributed by atoms with Gasteiger partial charge in [0.1, 0.15) is 17.3 Å². The number of nitrogens with two attached hydrogens (primary N) is 1. The number of nitro groups is 1. The van der Waals surface area contributed by atoms with Gasteiger partial charge in [0.15, 0.2) is 0 Å². The molecule has 1 aromatic heterocycles. The Labute approximate surface area is 170 Å². The number of fused-ring (bicyclic) bond motifs is 1. The molecule has 2 amide bonds. The number of morpholine rings is 1. The summed E-state index contributed by atoms with van der Waals surface area (Å²) in [4.78, 5) is 46.4. The van der Waals surface area contributed by atoms with Gasteiger partial charge in [0.25, 0.3) is 5.69 Å². The Bertz CT molecular complexity index is 1020. The average Bonchev–Trinajstić information content (AvgIpc) is 2.73. The van der Waals surface area contributed by atoms with Crippen molar-refractivity contribution in [3.63, 3.8) is 0 Å². The quantitative estimate of drug-likeness (QED) is 0.487. The fourth-order valence-corrected chi connectivity index (χ4v) is 3.47. The van der Waals surface area contributed by atoms with Crippen LogP contribution in [0.4, 0.5) is 29.0 Å². The van der Waals surface area contributed by atoms with Gasteiger partial charge in [-0.15, -0.1) is 0 Å². The Morgan fingerprint density at radius 1 is 1.30 bits per heavy atom. The molecule has 3 heterocycles. The van der Waals surface area contributed by atoms with Gasteiger partial charge in [-0.1, -0.05) is 12.1 Å². The number of nitrogens with one attached hydrogen (secondary N) is 2. The molecule has 1 saturated heterocycles. The second-order valence-electron chi connectivity index (χ2n) is 6.84. The smallest absolute Gasteiger partial charge is 0.292 e. The van der Waals surface area contributed by atoms with E-state index in [0.717, 1.165) is 0 Å². The fourth-order valence-electron chi connectivity index (χ4n) is 3.47. The molecule has 4 rings (SSSR count). The van der Waals surface area contributed by atoms with Crippen LogP contribution >= 0.6 is 0 Å². The highest BCUT2D eigenvalue weighted by Gasteiger charge is 2.36. The minimum atomic E-state index is -0.979. The molecule has 0 spiro atoms. The van der Waals surface area contributed by atoms with Gasteiger partial charge in [0, 0.05) is 25.6 Å². The summed E-state index contributed by atoms with van der Waals surface area (Å²) in [7, 11) is 0. The zero-order valence-electron chi connectivity index (χ0n) is 15.8. The number of nitrogens with zero attached hydrogens (tertiary/aromatic N) is 4. The third kappa shape index (κ3) is 3.72. The Morgan fingerprint density at radius 3 is 2.77 bits per heavy atom. The van der Waals surface area contributed by atoms with Crippen LogP contribution in [0.1, 0.15) is 17.9 Å². The van der Waals surface area contributed by atoms with Crippen LogP contribution in [0.5, 0.6) is 0 Å². The number of hydrogen-bond donors (Lipinski definition) is 3. The van der Waals surface area contributed by atoms with E-state index in [4.69, 9.17) is 10.5 Å². The van der Waals surface area contributed by atoms with E-state index in [1.807, 2.05) is 4.90 Å². The summed E-state index contributed by atoms with van der Waals surface area (Å²) in [5, 5.41) is 16.4. The number of aromatic nitrogens is 2. The summed E-state index contributed by atoms with van der Waals surface area (Å²) in [6.45, 7) is 2.20. The Kier molecular flexibility index (Phi) is 5.14. The molecular weight excluding hydrogens is 394 g/mol. The third-order valence-corrected chi connectivity index (χ3v) is 4.93. The number of nitro benzene ring substituents is 1. The molecule has 0 saturated carbocycles. The van der Waals surface area contributed by atoms with Crippen LogP contribution in [0.2, 0.25) is 0 Å². The minimum Gasteiger partial charge on any atom is -0.383 e. The van der Waals surface area contributed by atoms with Crippen LogP contribution in [-0.2, 0) is 14.3 Å². The van der Waals surface area contributed by atoms with Gasteiger partial charge in [0.2, 0.25) is 17.8 Å². The summed E-state index contributed by atoms with van der Waals surface area (Å²) < 4.78 is 5.31. The first-order chi connectivity index (χ1) is 14.4. The van der Waals surface area contributed by atoms with Gasteiger partial charge in [0.05, 0.1) is 29.6 Å². The summed E-state index contributed by atoms with van der Waals surface area (Å²) >= 11 is 0. The van der Waals surface area contributed by atoms with E-state index < -0.39 is 22.7 Å². The van der Waals surface area contributed by atoms with E-state index in [0.29, 0.717) is 37.8 Å². The van der Waals surface area contributed by atoms with Gasteiger partial charge in [-0.3, -0.25) is 19.7 Å². The number of carbonyl (C=O) groups is 2. The summed E-state index contributed by atoms with van der Waals surface area (Å²) in [5.74, 6) is -1.40. The lowest BCUT2D eigenvalue weighted by Gasteiger charge is -2.30. The van der Waals surface area contributed by atoms with Crippen molar-refractivity contribution in [2.45, 2.75) is 12.3 Å². The van der Waals surface area contributed by atoms with Crippen molar-refractivity contribution >= 4 is 40.8 Å². The van der Waals surface area contributed by atoms with Crippen LogP contribution in [0.15, 0.2) is 24.3 Å². The number of amides is 2. The Hall–Kier alpha value is -3.80. The first-order valence-electron chi connectivity index (χ1n) is 9.28. The molecule has 156 valence electrons. The molecule has 4 N–H and O–H groups in total. The molecule has 1 atom stereocenters. The number of hydrogen-bond acceptors (Lipinski definition) is 9. The van der Waals surface area contributed by atoms with E-state index in [2.05, 4.69) is 20.6 Å². The zero-order valence-corrected chi connectivity index (χ0v) is 15.8. The second kappa shape index (κ2) is 7.91. The highest BCUT2D eigenvalue weighted by atomic mass is 16.6. The maximum absolute atomic E-state index is 12.9. The molecule has 0 bridgehead atoms. The number of para-hydroxylation sites is 2. The molecule has 30 heavy (non-hydrogen) atoms. The molecule has 2 aromatic rings. The molecule has 0 aliphatic carbocycles. The molecular formula is C18H19N7O5. The third-order valence-electron chi connectivity index (χ3n) is 4.93. The van der Waals surface area contributed by atoms with Gasteiger partial charge < -0.3 is 26.0 Å². The average molecular weight is 413 g/mol. The fraction of sp³-hybridized carbons (Fsp3) is 0.333. The number of nitrogen functional groups attached to an aromatic ring is 1. The minimum absolute atomic E-state index is 0.0319. The number of rotatable bonds is 4. The lowest BCUT2D eigenvalue weighted by molar-refractivity contribution is -0.383. The van der Waals surface area contributed by atoms with Gasteiger partial charge in [-0.25, -0.2) is 0 Å². The molecule has 2 aliphatic heterocycles. The monoisotopic (exact) mass is 413 g/mol. The maximum Gasteiger partial charge on any atom is 0.292 e. The maximum atomic E-state index is 12.9. The van der Waals surface area contributed by atoms with Crippen LogP contribution < -0.4 is 21.3 Å². The van der Waals surface area contributed by atoms with Crippen molar-refractivity contribution in [1.82, 2.24) is 9.97 Å². The van der Waals surface area contributed by atoms with Crippen molar-refractivity contribution in [3.05, 3.63) is 39.9 Å². The topological polar surface area (TPSA) is 166 Å². The van der Waals surface area contributed by atoms with E-state index in [9.17, 15) is 19.7 Å². The number of carbonyl (C=O) groups excluding carboxylic acids is 2. The highest BCUT2D eigenvalue weighted by Crippen LogP contribution is 2.37. The summed E-state index contributed by atoms with van der Waals surface area (Å²) in [6, 6.07) is 5.76. The lowest BCUT2D eigenvalue weighted by atomic mass is 9.91. The molecule has 1 fully saturated rings. The van der Waals surface area contributed by atoms with Crippen molar-refractivity contribution in [1.29, 1.82) is 0 Å². The number of benzene rings is 1. The highest BCUT2D eigenvalue weighted by molar-refractivity contribution is 6.06. The second-order valence-corrected chi connectivity index (χ2v) is 6.84. The predicted octanol–water partition coefficient (Wildman–Crippen LogP) is 0.868. The van der Waals surface area contributed by atoms with Crippen molar-refractivity contribution in [2.24, 2.45) is 0 Å². The first kappa shape index (κ1) is 19.5. The summed E-state index contributed by atoms with van der Waals surface area (Å²) in [5.41, 5.74) is 6.22. The van der Waals surface area contributed by atoms with Crippen LogP contribution in [0, 0.1) is 10.1 Å². The van der Waals surface area contributed by atoms with Crippen molar-refractivity contribution in [2.75, 3.05) is 47.6 Å². The van der Waals surface area contributed by atoms with Gasteiger partial charge in [-0.2, -0.15) is 9.97 Å². The normalized spacial score (nSPS) is 18.3. The van der Waals surface area contributed by atoms with Crippen LogP contribution in [0.25, 0.3) is 0 Å². The van der Waals surface area contributed by atoms with Crippen LogP contribution in [0.3, 0.4) is 0 Å². The van der Waals surface area contributed by atoms with Crippen molar-refractivity contribution in [3.8, 4) is 0 Å². The lowest BCUT2D eigenvalue weighted by Crippen LogP contribution is -2.38. The van der Waals surface area contributed by atoms with Gasteiger partial charge in [-0.05, 0) is 6.07 Å². The molecule has 12 nitrogen and oxygen atoms in total. The van der Waals surface area contributed by atoms with Crippen LogP contribution in [-0.4, -0.2) is 53.0 Å². The SMILES string of the molecule is Nc1nc(N2CCOCC2)nc2c1[C@H](C(=O)Nc1ccccc1[N+](=O)[O-])CC(=O)N2. The first-order valence-corrected chi connectivity index (χ1v) is 9.28. The standard InChI is InChI=1S/C18H19N7O5/c19-15-14-10(17(27)20-11-3-1-2-4-12(11)25(28)29)9-13(26)21-16(14)23-18(22-15)24-5-7-30-8-6-24/h1-4,10H,5-9H2,(H,20,27)(H3,19,21,22,23,26)/t10-/m1/s1. The predicted molar refractivity (Wildman–Crippen MR) is 107 cm³/mol. The zero-order chi connectivity index (χ0) is 21.3. The molecule has 0 unspecified atom stereocenters. The number of ether oxygens (including phenoxy) is 1. The van der Waals surface area contributed by atoms with E-state index >= 15 is 0 Å².